The Morgan fingerprint density at radius 2 is 2.00 bits per heavy atom. The number of ether oxygens (including phenoxy) is 1. The molecule has 3 aromatic rings. The van der Waals surface area contributed by atoms with Crippen molar-refractivity contribution in [3.05, 3.63) is 60.6 Å². The maximum Gasteiger partial charge on any atom is 0.261 e. The first kappa shape index (κ1) is 15.7. The molecule has 0 spiro atoms. The number of amides is 1. The lowest BCUT2D eigenvalue weighted by Gasteiger charge is -2.16. The van der Waals surface area contributed by atoms with Crippen LogP contribution in [0.3, 0.4) is 0 Å². The number of rotatable bonds is 5. The van der Waals surface area contributed by atoms with Gasteiger partial charge in [-0.3, -0.25) is 4.79 Å². The fourth-order valence-electron chi connectivity index (χ4n) is 2.35. The first-order valence-corrected chi connectivity index (χ1v) is 7.63. The highest BCUT2D eigenvalue weighted by Crippen LogP contribution is 2.25. The number of hydrogen-bond acceptors (Lipinski definition) is 5. The lowest BCUT2D eigenvalue weighted by molar-refractivity contribution is -0.127. The maximum atomic E-state index is 12.2. The third-order valence-electron chi connectivity index (χ3n) is 3.57. The molecule has 24 heavy (non-hydrogen) atoms. The van der Waals surface area contributed by atoms with Crippen LogP contribution in [-0.2, 0) is 11.3 Å². The Hall–Kier alpha value is -3.15. The quantitative estimate of drug-likeness (QED) is 0.752. The van der Waals surface area contributed by atoms with E-state index in [4.69, 9.17) is 10.5 Å². The van der Waals surface area contributed by atoms with Crippen molar-refractivity contribution in [2.24, 2.45) is 0 Å². The second-order valence-electron chi connectivity index (χ2n) is 5.35. The molecule has 1 atom stereocenters. The van der Waals surface area contributed by atoms with E-state index in [1.54, 1.807) is 19.2 Å². The fourth-order valence-corrected chi connectivity index (χ4v) is 2.35. The second-order valence-corrected chi connectivity index (χ2v) is 5.35. The summed E-state index contributed by atoms with van der Waals surface area (Å²) in [6.45, 7) is 1.91. The molecular weight excluding hydrogens is 304 g/mol. The van der Waals surface area contributed by atoms with E-state index in [1.165, 1.54) is 0 Å². The minimum absolute atomic E-state index is 0.201. The molecule has 2 aromatic carbocycles. The summed E-state index contributed by atoms with van der Waals surface area (Å²) in [5.41, 5.74) is 5.59. The van der Waals surface area contributed by atoms with Gasteiger partial charge in [-0.1, -0.05) is 36.4 Å². The molecule has 3 rings (SSSR count). The first-order chi connectivity index (χ1) is 11.6. The molecule has 0 bridgehead atoms. The van der Waals surface area contributed by atoms with Crippen LogP contribution in [0.2, 0.25) is 0 Å². The predicted molar refractivity (Wildman–Crippen MR) is 92.3 cm³/mol. The maximum absolute atomic E-state index is 12.2. The van der Waals surface area contributed by atoms with E-state index in [0.29, 0.717) is 17.4 Å². The number of carbonyl (C=O) groups excluding carboxylic acids is 1. The number of hydrogen-bond donors (Lipinski definition) is 2. The first-order valence-electron chi connectivity index (χ1n) is 7.63. The summed E-state index contributed by atoms with van der Waals surface area (Å²) in [6, 6.07) is 15.2. The lowest BCUT2D eigenvalue weighted by Crippen LogP contribution is -2.36. The number of nitrogens with two attached hydrogens (primary N) is 1. The number of nitrogens with zero attached hydrogens (tertiary/aromatic N) is 2. The Balaban J connectivity index is 1.65. The molecule has 0 aliphatic heterocycles. The predicted octanol–water partition coefficient (Wildman–Crippen LogP) is 2.30. The van der Waals surface area contributed by atoms with Crippen LogP contribution in [0.5, 0.6) is 5.75 Å². The molecule has 0 aliphatic rings. The molecular formula is C18H18N4O2. The molecule has 0 saturated carbocycles. The molecule has 6 heteroatoms. The molecule has 3 N–H and O–H groups in total. The van der Waals surface area contributed by atoms with Crippen LogP contribution >= 0.6 is 0 Å². The van der Waals surface area contributed by atoms with E-state index in [-0.39, 0.29) is 12.5 Å². The zero-order chi connectivity index (χ0) is 16.9. The smallest absolute Gasteiger partial charge is 0.261 e. The Morgan fingerprint density at radius 3 is 2.83 bits per heavy atom. The van der Waals surface area contributed by atoms with Crippen molar-refractivity contribution in [3.63, 3.8) is 0 Å². The Kier molecular flexibility index (Phi) is 4.56. The monoisotopic (exact) mass is 322 g/mol. The molecule has 1 aromatic heterocycles. The second kappa shape index (κ2) is 6.95. The van der Waals surface area contributed by atoms with Gasteiger partial charge in [0.2, 0.25) is 0 Å². The normalized spacial score (nSPS) is 11.9. The van der Waals surface area contributed by atoms with Gasteiger partial charge in [-0.25, -0.2) is 9.97 Å². The van der Waals surface area contributed by atoms with E-state index in [0.717, 1.165) is 10.8 Å². The molecule has 6 nitrogen and oxygen atoms in total. The lowest BCUT2D eigenvalue weighted by atomic mass is 10.1. The zero-order valence-electron chi connectivity index (χ0n) is 13.3. The van der Waals surface area contributed by atoms with Gasteiger partial charge in [-0.2, -0.15) is 0 Å². The molecule has 122 valence electrons. The van der Waals surface area contributed by atoms with Crippen LogP contribution in [0.1, 0.15) is 12.7 Å². The van der Waals surface area contributed by atoms with Gasteiger partial charge in [-0.15, -0.1) is 0 Å². The van der Waals surface area contributed by atoms with Crippen molar-refractivity contribution >= 4 is 22.5 Å². The van der Waals surface area contributed by atoms with Gasteiger partial charge in [0, 0.05) is 11.6 Å². The number of anilines is 1. The van der Waals surface area contributed by atoms with E-state index in [9.17, 15) is 4.79 Å². The summed E-state index contributed by atoms with van der Waals surface area (Å²) in [4.78, 5) is 20.3. The molecule has 0 saturated heterocycles. The van der Waals surface area contributed by atoms with Crippen molar-refractivity contribution in [3.8, 4) is 5.75 Å². The minimum Gasteiger partial charge on any atom is -0.480 e. The summed E-state index contributed by atoms with van der Waals surface area (Å²) < 4.78 is 5.82. The van der Waals surface area contributed by atoms with Crippen LogP contribution < -0.4 is 15.8 Å². The van der Waals surface area contributed by atoms with Gasteiger partial charge in [0.15, 0.2) is 6.10 Å². The van der Waals surface area contributed by atoms with Gasteiger partial charge >= 0.3 is 0 Å². The van der Waals surface area contributed by atoms with Crippen molar-refractivity contribution in [1.29, 1.82) is 0 Å². The number of fused-ring (bicyclic) bond motifs is 1. The molecule has 0 fully saturated rings. The van der Waals surface area contributed by atoms with Crippen LogP contribution in [-0.4, -0.2) is 22.0 Å². The van der Waals surface area contributed by atoms with Crippen LogP contribution in [0, 0.1) is 0 Å². The third kappa shape index (κ3) is 3.60. The van der Waals surface area contributed by atoms with Crippen LogP contribution in [0.25, 0.3) is 10.8 Å². The molecule has 1 heterocycles. The summed E-state index contributed by atoms with van der Waals surface area (Å²) >= 11 is 0. The van der Waals surface area contributed by atoms with Crippen molar-refractivity contribution in [1.82, 2.24) is 15.3 Å². The number of aromatic nitrogens is 2. The van der Waals surface area contributed by atoms with Gasteiger partial charge in [0.05, 0.1) is 6.54 Å². The highest BCUT2D eigenvalue weighted by molar-refractivity contribution is 5.89. The van der Waals surface area contributed by atoms with Crippen LogP contribution in [0.4, 0.5) is 5.82 Å². The summed E-state index contributed by atoms with van der Waals surface area (Å²) in [5.74, 6) is 1.26. The van der Waals surface area contributed by atoms with E-state index < -0.39 is 6.10 Å². The van der Waals surface area contributed by atoms with Crippen molar-refractivity contribution in [2.45, 2.75) is 19.6 Å². The third-order valence-corrected chi connectivity index (χ3v) is 3.57. The Bertz CT molecular complexity index is 861. The van der Waals surface area contributed by atoms with Gasteiger partial charge < -0.3 is 15.8 Å². The SMILES string of the molecule is C[C@@H](Oc1cccc2ccccc12)C(=O)NCc1nccc(N)n1. The van der Waals surface area contributed by atoms with E-state index in [2.05, 4.69) is 15.3 Å². The number of carbonyl (C=O) groups is 1. The number of nitrogen functional groups attached to an aromatic ring is 1. The minimum atomic E-state index is -0.642. The molecule has 0 radical (unpaired) electrons. The van der Waals surface area contributed by atoms with E-state index >= 15 is 0 Å². The summed E-state index contributed by atoms with van der Waals surface area (Å²) in [6.07, 6.45) is 0.914. The van der Waals surface area contributed by atoms with Crippen molar-refractivity contribution in [2.75, 3.05) is 5.73 Å². The summed E-state index contributed by atoms with van der Waals surface area (Å²) in [7, 11) is 0. The van der Waals surface area contributed by atoms with Gasteiger partial charge in [0.25, 0.3) is 5.91 Å². The number of benzene rings is 2. The van der Waals surface area contributed by atoms with Gasteiger partial charge in [-0.05, 0) is 24.4 Å². The zero-order valence-corrected chi connectivity index (χ0v) is 13.3. The standard InChI is InChI=1S/C18H18N4O2/c1-12(18(23)21-11-17-20-10-9-16(19)22-17)24-15-8-4-6-13-5-2-3-7-14(13)15/h2-10,12H,11H2,1H3,(H,21,23)(H2,19,20,22)/t12-/m1/s1. The topological polar surface area (TPSA) is 90.1 Å². The Morgan fingerprint density at radius 1 is 1.21 bits per heavy atom. The molecule has 0 unspecified atom stereocenters. The Labute approximate surface area is 139 Å². The average Bonchev–Trinajstić information content (AvgIpc) is 2.60. The van der Waals surface area contributed by atoms with E-state index in [1.807, 2.05) is 42.5 Å². The highest BCUT2D eigenvalue weighted by atomic mass is 16.5. The molecule has 0 aliphatic carbocycles. The summed E-state index contributed by atoms with van der Waals surface area (Å²) in [5, 5.41) is 4.79. The average molecular weight is 322 g/mol. The molecule has 1 amide bonds. The van der Waals surface area contributed by atoms with Gasteiger partial charge in [0.1, 0.15) is 17.4 Å². The fraction of sp³-hybridized carbons (Fsp3) is 0.167. The highest BCUT2D eigenvalue weighted by Gasteiger charge is 2.16. The van der Waals surface area contributed by atoms with Crippen molar-refractivity contribution < 1.29 is 9.53 Å². The largest absolute Gasteiger partial charge is 0.480 e. The van der Waals surface area contributed by atoms with Crippen LogP contribution in [0.15, 0.2) is 54.7 Å². The number of nitrogens with one attached hydrogen (secondary N) is 1.